The topological polar surface area (TPSA) is 88.9 Å². The highest BCUT2D eigenvalue weighted by Crippen LogP contribution is 2.30. The third kappa shape index (κ3) is 6.05. The van der Waals surface area contributed by atoms with Crippen LogP contribution < -0.4 is 10.1 Å². The Morgan fingerprint density at radius 1 is 1.02 bits per heavy atom. The normalized spacial score (nSPS) is 21.9. The predicted octanol–water partition coefficient (Wildman–Crippen LogP) is 3.67. The van der Waals surface area contributed by atoms with E-state index in [-0.39, 0.29) is 24.0 Å². The summed E-state index contributed by atoms with van der Waals surface area (Å²) in [6.45, 7) is 4.19. The summed E-state index contributed by atoms with van der Waals surface area (Å²) in [5.74, 6) is 1.37. The molecule has 2 fully saturated rings. The molecular formula is C31H37N5O4. The summed E-state index contributed by atoms with van der Waals surface area (Å²) in [7, 11) is 1.80. The van der Waals surface area contributed by atoms with Gasteiger partial charge in [-0.1, -0.05) is 37.6 Å². The Balaban J connectivity index is 1.25. The molecule has 3 aromatic rings. The van der Waals surface area contributed by atoms with Crippen LogP contribution in [-0.4, -0.2) is 69.2 Å². The maximum Gasteiger partial charge on any atom is 0.272 e. The maximum atomic E-state index is 13.5. The number of amides is 2. The highest BCUT2D eigenvalue weighted by molar-refractivity contribution is 5.93. The molecule has 2 aliphatic heterocycles. The summed E-state index contributed by atoms with van der Waals surface area (Å²) in [4.78, 5) is 30.9. The number of rotatable bonds is 4. The van der Waals surface area contributed by atoms with Crippen molar-refractivity contribution < 1.29 is 19.1 Å². The molecule has 3 aliphatic rings. The van der Waals surface area contributed by atoms with Crippen LogP contribution in [0.1, 0.15) is 53.5 Å². The van der Waals surface area contributed by atoms with Gasteiger partial charge >= 0.3 is 0 Å². The Morgan fingerprint density at radius 2 is 1.77 bits per heavy atom. The van der Waals surface area contributed by atoms with Gasteiger partial charge in [0.15, 0.2) is 0 Å². The smallest absolute Gasteiger partial charge is 0.272 e. The average Bonchev–Trinajstić information content (AvgIpc) is 3.61. The molecule has 1 aromatic heterocycles. The number of nitrogens with one attached hydrogen (secondary N) is 1. The first kappa shape index (κ1) is 26.5. The number of hydrogen-bond donors (Lipinski definition) is 1. The van der Waals surface area contributed by atoms with Crippen molar-refractivity contribution in [2.24, 2.45) is 7.05 Å². The second kappa shape index (κ2) is 11.4. The molecule has 1 saturated carbocycles. The summed E-state index contributed by atoms with van der Waals surface area (Å²) in [6.07, 6.45) is 3.65. The predicted molar refractivity (Wildman–Crippen MR) is 150 cm³/mol. The van der Waals surface area contributed by atoms with Crippen molar-refractivity contribution in [1.29, 1.82) is 0 Å². The molecular weight excluding hydrogens is 506 g/mol. The molecule has 4 bridgehead atoms. The Kier molecular flexibility index (Phi) is 7.58. The van der Waals surface area contributed by atoms with Crippen molar-refractivity contribution in [3.63, 3.8) is 0 Å². The van der Waals surface area contributed by atoms with Gasteiger partial charge in [-0.2, -0.15) is 5.10 Å². The lowest BCUT2D eigenvalue weighted by Crippen LogP contribution is -2.48. The molecule has 210 valence electrons. The molecule has 3 heterocycles. The van der Waals surface area contributed by atoms with Crippen molar-refractivity contribution in [3.05, 3.63) is 77.1 Å². The molecule has 40 heavy (non-hydrogen) atoms. The van der Waals surface area contributed by atoms with Crippen LogP contribution in [0, 0.1) is 0 Å². The minimum Gasteiger partial charge on any atom is -0.457 e. The third-order valence-corrected chi connectivity index (χ3v) is 7.85. The summed E-state index contributed by atoms with van der Waals surface area (Å²) >= 11 is 0. The lowest BCUT2D eigenvalue weighted by atomic mass is 10.1. The zero-order valence-corrected chi connectivity index (χ0v) is 23.2. The number of hydrogen-bond acceptors (Lipinski definition) is 6. The molecule has 1 saturated heterocycles. The fourth-order valence-corrected chi connectivity index (χ4v) is 5.68. The molecule has 9 nitrogen and oxygen atoms in total. The van der Waals surface area contributed by atoms with Gasteiger partial charge in [-0.3, -0.25) is 19.2 Å². The standard InChI is InChI=1S/C31H37N5O4/c1-3-6-23-15-28(34(2)33-23)31(38)36-17-27-29(18-36)39-20-22-8-5-10-26(14-22)40-25-9-4-7-21(13-25)16-35(24-11-12-24)19-30(37)32-27/h4-5,7-10,13-15,24,27,29H,3,6,11-12,16-20H2,1-2H3,(H,32,37)/t27-,29-/m0/s1. The SMILES string of the molecule is CCCc1cc(C(=O)N2C[C@@H]3NC(=O)CN(C4CC4)Cc4cccc(c4)Oc4cccc(c4)CO[C@H]3C2)n(C)n1. The fraction of sp³-hybridized carbons (Fsp3) is 0.452. The van der Waals surface area contributed by atoms with Crippen LogP contribution in [0.4, 0.5) is 0 Å². The molecule has 0 spiro atoms. The van der Waals surface area contributed by atoms with E-state index in [0.29, 0.717) is 44.5 Å². The lowest BCUT2D eigenvalue weighted by Gasteiger charge is -2.25. The Hall–Kier alpha value is -3.69. The fourth-order valence-electron chi connectivity index (χ4n) is 5.68. The highest BCUT2D eigenvalue weighted by Gasteiger charge is 2.39. The number of carbonyl (C=O) groups excluding carboxylic acids is 2. The molecule has 6 rings (SSSR count). The lowest BCUT2D eigenvalue weighted by molar-refractivity contribution is -0.124. The maximum absolute atomic E-state index is 13.5. The molecule has 2 atom stereocenters. The molecule has 1 aliphatic carbocycles. The van der Waals surface area contributed by atoms with Crippen LogP contribution in [-0.2, 0) is 36.2 Å². The molecule has 2 amide bonds. The second-order valence-corrected chi connectivity index (χ2v) is 11.2. The summed E-state index contributed by atoms with van der Waals surface area (Å²) in [5, 5.41) is 7.73. The molecule has 0 unspecified atom stereocenters. The first-order valence-electron chi connectivity index (χ1n) is 14.3. The number of aryl methyl sites for hydroxylation is 2. The van der Waals surface area contributed by atoms with Gasteiger partial charge in [0.25, 0.3) is 5.91 Å². The summed E-state index contributed by atoms with van der Waals surface area (Å²) in [6, 6.07) is 17.9. The van der Waals surface area contributed by atoms with Crippen molar-refractivity contribution >= 4 is 11.8 Å². The van der Waals surface area contributed by atoms with Crippen LogP contribution in [0.2, 0.25) is 0 Å². The Bertz CT molecular complexity index is 1380. The van der Waals surface area contributed by atoms with Crippen LogP contribution in [0.5, 0.6) is 11.5 Å². The van der Waals surface area contributed by atoms with Gasteiger partial charge in [-0.05, 0) is 60.7 Å². The zero-order valence-electron chi connectivity index (χ0n) is 23.2. The molecule has 1 N–H and O–H groups in total. The quantitative estimate of drug-likeness (QED) is 0.540. The van der Waals surface area contributed by atoms with E-state index in [1.807, 2.05) is 48.5 Å². The van der Waals surface area contributed by atoms with Gasteiger partial charge in [0.05, 0.1) is 31.0 Å². The van der Waals surface area contributed by atoms with Gasteiger partial charge in [-0.25, -0.2) is 0 Å². The highest BCUT2D eigenvalue weighted by atomic mass is 16.5. The number of fused-ring (bicyclic) bond motifs is 5. The van der Waals surface area contributed by atoms with Gasteiger partial charge in [0.1, 0.15) is 17.2 Å². The van der Waals surface area contributed by atoms with E-state index in [1.165, 1.54) is 0 Å². The Labute approximate surface area is 235 Å². The number of nitrogens with zero attached hydrogens (tertiary/aromatic N) is 4. The average molecular weight is 544 g/mol. The van der Waals surface area contributed by atoms with E-state index >= 15 is 0 Å². The van der Waals surface area contributed by atoms with Crippen molar-refractivity contribution in [2.45, 2.75) is 63.9 Å². The van der Waals surface area contributed by atoms with Gasteiger partial charge in [-0.15, -0.1) is 0 Å². The van der Waals surface area contributed by atoms with Crippen LogP contribution >= 0.6 is 0 Å². The van der Waals surface area contributed by atoms with E-state index in [1.54, 1.807) is 16.6 Å². The van der Waals surface area contributed by atoms with Gasteiger partial charge in [0.2, 0.25) is 5.91 Å². The summed E-state index contributed by atoms with van der Waals surface area (Å²) in [5.41, 5.74) is 3.54. The monoisotopic (exact) mass is 543 g/mol. The van der Waals surface area contributed by atoms with Gasteiger partial charge in [0, 0.05) is 32.7 Å². The van der Waals surface area contributed by atoms with E-state index in [4.69, 9.17) is 9.47 Å². The largest absolute Gasteiger partial charge is 0.457 e. The van der Waals surface area contributed by atoms with Crippen LogP contribution in [0.25, 0.3) is 0 Å². The minimum atomic E-state index is -0.337. The van der Waals surface area contributed by atoms with Crippen molar-refractivity contribution in [2.75, 3.05) is 19.6 Å². The first-order chi connectivity index (χ1) is 19.4. The van der Waals surface area contributed by atoms with E-state index in [9.17, 15) is 9.59 Å². The van der Waals surface area contributed by atoms with Crippen molar-refractivity contribution in [1.82, 2.24) is 24.9 Å². The second-order valence-electron chi connectivity index (χ2n) is 11.2. The molecule has 9 heteroatoms. The van der Waals surface area contributed by atoms with Crippen molar-refractivity contribution in [3.8, 4) is 11.5 Å². The summed E-state index contributed by atoms with van der Waals surface area (Å²) < 4.78 is 14.2. The van der Waals surface area contributed by atoms with E-state index in [2.05, 4.69) is 28.3 Å². The van der Waals surface area contributed by atoms with Crippen LogP contribution in [0.15, 0.2) is 54.6 Å². The molecule has 0 radical (unpaired) electrons. The van der Waals surface area contributed by atoms with E-state index in [0.717, 1.165) is 54.0 Å². The molecule has 2 aromatic carbocycles. The van der Waals surface area contributed by atoms with Crippen LogP contribution in [0.3, 0.4) is 0 Å². The number of likely N-dealkylation sites (tertiary alicyclic amines) is 1. The van der Waals surface area contributed by atoms with E-state index < -0.39 is 0 Å². The third-order valence-electron chi connectivity index (χ3n) is 7.85. The Morgan fingerprint density at radius 3 is 2.52 bits per heavy atom. The zero-order chi connectivity index (χ0) is 27.6. The first-order valence-corrected chi connectivity index (χ1v) is 14.3. The minimum absolute atomic E-state index is 0.0490. The number of carbonyl (C=O) groups is 2. The number of benzene rings is 2. The number of aromatic nitrogens is 2. The van der Waals surface area contributed by atoms with Gasteiger partial charge < -0.3 is 19.7 Å². The number of ether oxygens (including phenoxy) is 2.